The van der Waals surface area contributed by atoms with Crippen molar-refractivity contribution in [3.05, 3.63) is 70.8 Å². The third-order valence-electron chi connectivity index (χ3n) is 3.44. The van der Waals surface area contributed by atoms with Gasteiger partial charge in [-0.1, -0.05) is 30.3 Å². The number of carbonyl (C=O) groups is 1. The Bertz CT molecular complexity index is 716. The van der Waals surface area contributed by atoms with Crippen LogP contribution in [0.2, 0.25) is 0 Å². The highest BCUT2D eigenvalue weighted by atomic mass is 19.4. The van der Waals surface area contributed by atoms with Gasteiger partial charge in [-0.05, 0) is 30.2 Å². The summed E-state index contributed by atoms with van der Waals surface area (Å²) in [5, 5.41) is 0. The number of rotatable bonds is 4. The summed E-state index contributed by atoms with van der Waals surface area (Å²) < 4.78 is 77.1. The maximum atomic E-state index is 13.0. The predicted molar refractivity (Wildman–Crippen MR) is 75.5 cm³/mol. The molecule has 2 rings (SSSR count). The van der Waals surface area contributed by atoms with Gasteiger partial charge in [-0.3, -0.25) is 4.79 Å². The van der Waals surface area contributed by atoms with Crippen molar-refractivity contribution in [2.45, 2.75) is 25.2 Å². The molecular formula is C17H12F6O. The van der Waals surface area contributed by atoms with Crippen LogP contribution in [0.25, 0.3) is 0 Å². The Hall–Kier alpha value is -2.31. The second kappa shape index (κ2) is 6.67. The molecule has 0 heterocycles. The maximum Gasteiger partial charge on any atom is 0.417 e. The SMILES string of the molecule is O=C(CCc1ccccc1)c1cc(C(F)(F)F)ccc1C(F)(F)F. The highest BCUT2D eigenvalue weighted by molar-refractivity contribution is 5.98. The number of halogens is 6. The van der Waals surface area contributed by atoms with Gasteiger partial charge in [0.25, 0.3) is 0 Å². The number of Topliss-reactive ketones (excluding diaryl/α,β-unsaturated/α-hetero) is 1. The van der Waals surface area contributed by atoms with E-state index in [-0.39, 0.29) is 18.9 Å². The quantitative estimate of drug-likeness (QED) is 0.525. The van der Waals surface area contributed by atoms with Crippen LogP contribution < -0.4 is 0 Å². The minimum atomic E-state index is -4.90. The normalized spacial score (nSPS) is 12.2. The Kier molecular flexibility index (Phi) is 5.01. The molecule has 2 aromatic rings. The maximum absolute atomic E-state index is 13.0. The number of benzene rings is 2. The van der Waals surface area contributed by atoms with Crippen LogP contribution in [0.5, 0.6) is 0 Å². The molecule has 0 aliphatic carbocycles. The van der Waals surface area contributed by atoms with Crippen LogP contribution in [-0.2, 0) is 18.8 Å². The zero-order valence-electron chi connectivity index (χ0n) is 12.2. The van der Waals surface area contributed by atoms with E-state index in [1.807, 2.05) is 0 Å². The first-order valence-corrected chi connectivity index (χ1v) is 6.94. The summed E-state index contributed by atoms with van der Waals surface area (Å²) in [5.74, 6) is -0.975. The molecule has 0 unspecified atom stereocenters. The fourth-order valence-corrected chi connectivity index (χ4v) is 2.24. The average molecular weight is 346 g/mol. The van der Waals surface area contributed by atoms with Crippen molar-refractivity contribution in [3.63, 3.8) is 0 Å². The van der Waals surface area contributed by atoms with E-state index in [9.17, 15) is 31.1 Å². The summed E-state index contributed by atoms with van der Waals surface area (Å²) in [7, 11) is 0. The van der Waals surface area contributed by atoms with Crippen LogP contribution in [0, 0.1) is 0 Å². The molecule has 1 nitrogen and oxygen atoms in total. The Morgan fingerprint density at radius 2 is 1.46 bits per heavy atom. The number of ketones is 1. The second-order valence-electron chi connectivity index (χ2n) is 5.16. The Morgan fingerprint density at radius 3 is 2.00 bits per heavy atom. The first kappa shape index (κ1) is 18.0. The van der Waals surface area contributed by atoms with Crippen LogP contribution in [-0.4, -0.2) is 5.78 Å². The molecule has 0 fully saturated rings. The van der Waals surface area contributed by atoms with Crippen molar-refractivity contribution < 1.29 is 31.1 Å². The smallest absolute Gasteiger partial charge is 0.294 e. The summed E-state index contributed by atoms with van der Waals surface area (Å²) in [6, 6.07) is 9.41. The summed E-state index contributed by atoms with van der Waals surface area (Å²) in [6.45, 7) is 0. The number of carbonyl (C=O) groups excluding carboxylic acids is 1. The molecule has 7 heteroatoms. The third kappa shape index (κ3) is 4.37. The van der Waals surface area contributed by atoms with Gasteiger partial charge < -0.3 is 0 Å². The Morgan fingerprint density at radius 1 is 0.833 bits per heavy atom. The molecule has 2 aromatic carbocycles. The molecular weight excluding hydrogens is 334 g/mol. The zero-order valence-corrected chi connectivity index (χ0v) is 12.2. The van der Waals surface area contributed by atoms with E-state index in [0.29, 0.717) is 17.7 Å². The fourth-order valence-electron chi connectivity index (χ4n) is 2.24. The topological polar surface area (TPSA) is 17.1 Å². The first-order chi connectivity index (χ1) is 11.1. The minimum Gasteiger partial charge on any atom is -0.294 e. The fraction of sp³-hybridized carbons (Fsp3) is 0.235. The second-order valence-corrected chi connectivity index (χ2v) is 5.16. The summed E-state index contributed by atoms with van der Waals surface area (Å²) in [5.41, 5.74) is -2.87. The predicted octanol–water partition coefficient (Wildman–Crippen LogP) is 5.54. The van der Waals surface area contributed by atoms with Gasteiger partial charge in [-0.15, -0.1) is 0 Å². The number of aryl methyl sites for hydroxylation is 1. The molecule has 128 valence electrons. The molecule has 0 aliphatic rings. The largest absolute Gasteiger partial charge is 0.417 e. The molecule has 0 saturated carbocycles. The van der Waals surface area contributed by atoms with Crippen molar-refractivity contribution in [2.75, 3.05) is 0 Å². The molecule has 0 N–H and O–H groups in total. The highest BCUT2D eigenvalue weighted by Gasteiger charge is 2.38. The lowest BCUT2D eigenvalue weighted by molar-refractivity contribution is -0.141. The van der Waals surface area contributed by atoms with Gasteiger partial charge >= 0.3 is 12.4 Å². The van der Waals surface area contributed by atoms with Gasteiger partial charge in [-0.25, -0.2) is 0 Å². The highest BCUT2D eigenvalue weighted by Crippen LogP contribution is 2.37. The number of alkyl halides is 6. The van der Waals surface area contributed by atoms with E-state index in [1.54, 1.807) is 30.3 Å². The lowest BCUT2D eigenvalue weighted by atomic mass is 9.96. The van der Waals surface area contributed by atoms with Crippen molar-refractivity contribution >= 4 is 5.78 Å². The van der Waals surface area contributed by atoms with Gasteiger partial charge in [0.1, 0.15) is 0 Å². The standard InChI is InChI=1S/C17H12F6O/c18-16(19,20)12-7-8-14(17(21,22)23)13(10-12)15(24)9-6-11-4-2-1-3-5-11/h1-5,7-8,10H,6,9H2. The van der Waals surface area contributed by atoms with Crippen molar-refractivity contribution in [2.24, 2.45) is 0 Å². The number of hydrogen-bond donors (Lipinski definition) is 0. The van der Waals surface area contributed by atoms with Crippen molar-refractivity contribution in [3.8, 4) is 0 Å². The van der Waals surface area contributed by atoms with E-state index >= 15 is 0 Å². The van der Waals surface area contributed by atoms with E-state index in [4.69, 9.17) is 0 Å². The molecule has 0 spiro atoms. The third-order valence-corrected chi connectivity index (χ3v) is 3.44. The van der Waals surface area contributed by atoms with Crippen molar-refractivity contribution in [1.29, 1.82) is 0 Å². The van der Waals surface area contributed by atoms with Crippen LogP contribution in [0.15, 0.2) is 48.5 Å². The molecule has 0 saturated heterocycles. The van der Waals surface area contributed by atoms with Crippen LogP contribution in [0.1, 0.15) is 33.5 Å². The molecule has 0 amide bonds. The van der Waals surface area contributed by atoms with Gasteiger partial charge in [-0.2, -0.15) is 26.3 Å². The molecule has 0 radical (unpaired) electrons. The Balaban J connectivity index is 2.33. The lowest BCUT2D eigenvalue weighted by Gasteiger charge is -2.15. The first-order valence-electron chi connectivity index (χ1n) is 6.94. The minimum absolute atomic E-state index is 0.146. The number of hydrogen-bond acceptors (Lipinski definition) is 1. The van der Waals surface area contributed by atoms with Crippen LogP contribution in [0.4, 0.5) is 26.3 Å². The Labute approximate surface area is 133 Å². The monoisotopic (exact) mass is 346 g/mol. The van der Waals surface area contributed by atoms with Gasteiger partial charge in [0.2, 0.25) is 0 Å². The lowest BCUT2D eigenvalue weighted by Crippen LogP contribution is -2.16. The van der Waals surface area contributed by atoms with Crippen molar-refractivity contribution in [1.82, 2.24) is 0 Å². The van der Waals surface area contributed by atoms with E-state index in [1.165, 1.54) is 0 Å². The summed E-state index contributed by atoms with van der Waals surface area (Å²) in [6.07, 6.45) is -9.89. The molecule has 24 heavy (non-hydrogen) atoms. The molecule has 0 atom stereocenters. The summed E-state index contributed by atoms with van der Waals surface area (Å²) >= 11 is 0. The average Bonchev–Trinajstić information content (AvgIpc) is 2.51. The van der Waals surface area contributed by atoms with Crippen LogP contribution >= 0.6 is 0 Å². The zero-order chi connectivity index (χ0) is 18.0. The van der Waals surface area contributed by atoms with E-state index in [2.05, 4.69) is 0 Å². The molecule has 0 bridgehead atoms. The van der Waals surface area contributed by atoms with Crippen LogP contribution in [0.3, 0.4) is 0 Å². The molecule has 0 aliphatic heterocycles. The summed E-state index contributed by atoms with van der Waals surface area (Å²) in [4.78, 5) is 12.1. The van der Waals surface area contributed by atoms with E-state index in [0.717, 1.165) is 0 Å². The molecule has 0 aromatic heterocycles. The van der Waals surface area contributed by atoms with Gasteiger partial charge in [0.15, 0.2) is 5.78 Å². The van der Waals surface area contributed by atoms with Gasteiger partial charge in [0.05, 0.1) is 11.1 Å². The van der Waals surface area contributed by atoms with E-state index < -0.39 is 34.8 Å². The van der Waals surface area contributed by atoms with Gasteiger partial charge in [0, 0.05) is 12.0 Å².